The molecule has 0 bridgehead atoms. The third-order valence-electron chi connectivity index (χ3n) is 6.03. The number of nitrogens with one attached hydrogen (secondary N) is 2. The molecule has 0 spiro atoms. The highest BCUT2D eigenvalue weighted by molar-refractivity contribution is 6.05. The summed E-state index contributed by atoms with van der Waals surface area (Å²) in [7, 11) is 4.14. The summed E-state index contributed by atoms with van der Waals surface area (Å²) in [5, 5.41) is 4.20. The van der Waals surface area contributed by atoms with E-state index in [4.69, 9.17) is 0 Å². The number of hydrogen-bond acceptors (Lipinski definition) is 3. The Balaban J connectivity index is 0.00000136. The van der Waals surface area contributed by atoms with Gasteiger partial charge in [0.2, 0.25) is 0 Å². The summed E-state index contributed by atoms with van der Waals surface area (Å²) in [6.07, 6.45) is 2.63. The predicted octanol–water partition coefficient (Wildman–Crippen LogP) is 4.58. The first-order valence-electron chi connectivity index (χ1n) is 10.5. The molecule has 2 aromatic carbocycles. The van der Waals surface area contributed by atoms with Gasteiger partial charge in [0.25, 0.3) is 5.91 Å². The largest absolute Gasteiger partial charge is 0.355 e. The zero-order chi connectivity index (χ0) is 20.0. The number of nitrogens with zero attached hydrogens (tertiary/aromatic N) is 2. The molecule has 5 nitrogen and oxygen atoms in total. The number of fused-ring (bicyclic) bond motifs is 2. The standard InChI is InChI=1S/C24H28N4O.2ClH/c1-27(2)14-17-10-19-13-25-24(29)23(19)20(11-17)22-12-18-9-16(5-6-21(18)26-22)15-28-7-3-4-8-28;;/h5-6,9-12,26H,3-4,7-8,13-15H2,1-2H3,(H,25,29);2*1H. The smallest absolute Gasteiger partial charge is 0.252 e. The average molecular weight is 461 g/mol. The molecule has 2 N–H and O–H groups in total. The molecule has 1 amide bonds. The molecule has 0 radical (unpaired) electrons. The van der Waals surface area contributed by atoms with Gasteiger partial charge in [-0.3, -0.25) is 9.69 Å². The van der Waals surface area contributed by atoms with Crippen LogP contribution in [0.5, 0.6) is 0 Å². The fourth-order valence-corrected chi connectivity index (χ4v) is 4.73. The first-order valence-corrected chi connectivity index (χ1v) is 10.5. The van der Waals surface area contributed by atoms with Crippen molar-refractivity contribution in [2.45, 2.75) is 32.5 Å². The van der Waals surface area contributed by atoms with E-state index in [9.17, 15) is 4.79 Å². The number of aromatic amines is 1. The minimum absolute atomic E-state index is 0. The van der Waals surface area contributed by atoms with Crippen molar-refractivity contribution in [1.29, 1.82) is 0 Å². The lowest BCUT2D eigenvalue weighted by atomic mass is 9.97. The van der Waals surface area contributed by atoms with Crippen LogP contribution in [0.3, 0.4) is 0 Å². The van der Waals surface area contributed by atoms with Crippen molar-refractivity contribution < 1.29 is 4.79 Å². The fourth-order valence-electron chi connectivity index (χ4n) is 4.73. The van der Waals surface area contributed by atoms with E-state index in [1.807, 2.05) is 0 Å². The van der Waals surface area contributed by atoms with E-state index >= 15 is 0 Å². The molecule has 0 atom stereocenters. The zero-order valence-corrected chi connectivity index (χ0v) is 19.7. The second-order valence-electron chi connectivity index (χ2n) is 8.69. The van der Waals surface area contributed by atoms with E-state index in [1.54, 1.807) is 0 Å². The van der Waals surface area contributed by atoms with E-state index in [0.717, 1.165) is 41.0 Å². The third-order valence-corrected chi connectivity index (χ3v) is 6.03. The number of benzene rings is 2. The summed E-state index contributed by atoms with van der Waals surface area (Å²) in [4.78, 5) is 20.8. The number of rotatable bonds is 5. The molecular formula is C24H30Cl2N4O. The van der Waals surface area contributed by atoms with E-state index in [2.05, 4.69) is 70.6 Å². The van der Waals surface area contributed by atoms with E-state index in [-0.39, 0.29) is 30.7 Å². The highest BCUT2D eigenvalue weighted by Crippen LogP contribution is 2.33. The molecule has 2 aliphatic rings. The van der Waals surface area contributed by atoms with Crippen LogP contribution in [0.1, 0.15) is 39.9 Å². The average Bonchev–Trinajstić information content (AvgIpc) is 3.41. The van der Waals surface area contributed by atoms with Crippen molar-refractivity contribution in [3.8, 4) is 11.3 Å². The van der Waals surface area contributed by atoms with Gasteiger partial charge in [-0.25, -0.2) is 0 Å². The topological polar surface area (TPSA) is 51.4 Å². The molecule has 166 valence electrons. The van der Waals surface area contributed by atoms with Gasteiger partial charge < -0.3 is 15.2 Å². The molecule has 0 aliphatic carbocycles. The van der Waals surface area contributed by atoms with Crippen molar-refractivity contribution in [3.63, 3.8) is 0 Å². The van der Waals surface area contributed by atoms with Crippen molar-refractivity contribution in [3.05, 3.63) is 58.7 Å². The number of likely N-dealkylation sites (tertiary alicyclic amines) is 1. The lowest BCUT2D eigenvalue weighted by molar-refractivity contribution is 0.0966. The molecule has 3 heterocycles. The number of H-pyrrole nitrogens is 1. The molecule has 1 saturated heterocycles. The van der Waals surface area contributed by atoms with Gasteiger partial charge in [-0.1, -0.05) is 12.1 Å². The highest BCUT2D eigenvalue weighted by atomic mass is 35.5. The maximum atomic E-state index is 12.5. The predicted molar refractivity (Wildman–Crippen MR) is 131 cm³/mol. The first-order chi connectivity index (χ1) is 14.1. The van der Waals surface area contributed by atoms with Crippen molar-refractivity contribution in [2.75, 3.05) is 27.2 Å². The maximum Gasteiger partial charge on any atom is 0.252 e. The van der Waals surface area contributed by atoms with Crippen LogP contribution in [0.25, 0.3) is 22.2 Å². The number of amides is 1. The molecule has 1 fully saturated rings. The van der Waals surface area contributed by atoms with Crippen LogP contribution in [0.2, 0.25) is 0 Å². The van der Waals surface area contributed by atoms with Gasteiger partial charge in [-0.15, -0.1) is 24.8 Å². The van der Waals surface area contributed by atoms with Gasteiger partial charge in [0.15, 0.2) is 0 Å². The minimum atomic E-state index is 0. The normalized spacial score (nSPS) is 15.6. The number of hydrogen-bond donors (Lipinski definition) is 2. The summed E-state index contributed by atoms with van der Waals surface area (Å²) < 4.78 is 0. The van der Waals surface area contributed by atoms with Crippen LogP contribution in [-0.2, 0) is 19.6 Å². The Bertz CT molecular complexity index is 1090. The molecule has 7 heteroatoms. The Morgan fingerprint density at radius 2 is 1.77 bits per heavy atom. The van der Waals surface area contributed by atoms with Gasteiger partial charge in [0, 0.05) is 41.8 Å². The van der Waals surface area contributed by atoms with E-state index < -0.39 is 0 Å². The first kappa shape index (κ1) is 23.6. The number of carbonyl (C=O) groups is 1. The molecule has 5 rings (SSSR count). The van der Waals surface area contributed by atoms with Crippen LogP contribution in [-0.4, -0.2) is 47.9 Å². The van der Waals surface area contributed by atoms with Crippen molar-refractivity contribution in [2.24, 2.45) is 0 Å². The second kappa shape index (κ2) is 9.61. The van der Waals surface area contributed by atoms with Gasteiger partial charge in [-0.2, -0.15) is 0 Å². The fraction of sp³-hybridized carbons (Fsp3) is 0.375. The van der Waals surface area contributed by atoms with Gasteiger partial charge >= 0.3 is 0 Å². The Morgan fingerprint density at radius 1 is 1.00 bits per heavy atom. The number of aromatic nitrogens is 1. The van der Waals surface area contributed by atoms with Crippen LogP contribution in [0.15, 0.2) is 36.4 Å². The molecule has 3 aromatic rings. The summed E-state index contributed by atoms with van der Waals surface area (Å²) >= 11 is 0. The summed E-state index contributed by atoms with van der Waals surface area (Å²) in [5.41, 5.74) is 7.64. The van der Waals surface area contributed by atoms with E-state index in [1.165, 1.54) is 42.4 Å². The Labute approximate surface area is 196 Å². The zero-order valence-electron chi connectivity index (χ0n) is 18.0. The Morgan fingerprint density at radius 3 is 2.52 bits per heavy atom. The monoisotopic (exact) mass is 460 g/mol. The highest BCUT2D eigenvalue weighted by Gasteiger charge is 2.25. The van der Waals surface area contributed by atoms with E-state index in [0.29, 0.717) is 6.54 Å². The molecule has 31 heavy (non-hydrogen) atoms. The second-order valence-corrected chi connectivity index (χ2v) is 8.69. The van der Waals surface area contributed by atoms with Crippen LogP contribution >= 0.6 is 24.8 Å². The maximum absolute atomic E-state index is 12.5. The molecular weight excluding hydrogens is 431 g/mol. The Hall–Kier alpha value is -2.05. The van der Waals surface area contributed by atoms with Crippen molar-refractivity contribution >= 4 is 41.6 Å². The number of halogens is 2. The molecule has 0 unspecified atom stereocenters. The Kier molecular flexibility index (Phi) is 7.32. The SMILES string of the molecule is CN(C)Cc1cc2c(c(-c3cc4cc(CN5CCCC5)ccc4[nH]3)c1)C(=O)NC2.Cl.Cl. The minimum Gasteiger partial charge on any atom is -0.355 e. The summed E-state index contributed by atoms with van der Waals surface area (Å²) in [5.74, 6) is 0.0276. The van der Waals surface area contributed by atoms with Crippen LogP contribution in [0.4, 0.5) is 0 Å². The quantitative estimate of drug-likeness (QED) is 0.585. The van der Waals surface area contributed by atoms with Crippen LogP contribution in [0, 0.1) is 0 Å². The van der Waals surface area contributed by atoms with Gasteiger partial charge in [0.05, 0.1) is 5.56 Å². The number of carbonyl (C=O) groups excluding carboxylic acids is 1. The summed E-state index contributed by atoms with van der Waals surface area (Å²) in [6.45, 7) is 4.90. The van der Waals surface area contributed by atoms with Crippen molar-refractivity contribution in [1.82, 2.24) is 20.1 Å². The van der Waals surface area contributed by atoms with Crippen LogP contribution < -0.4 is 5.32 Å². The molecule has 1 aromatic heterocycles. The lowest BCUT2D eigenvalue weighted by Crippen LogP contribution is -2.18. The summed E-state index contributed by atoms with van der Waals surface area (Å²) in [6, 6.07) is 13.2. The molecule has 0 saturated carbocycles. The lowest BCUT2D eigenvalue weighted by Gasteiger charge is -2.14. The van der Waals surface area contributed by atoms with Gasteiger partial charge in [0.1, 0.15) is 0 Å². The van der Waals surface area contributed by atoms with Gasteiger partial charge in [-0.05, 0) is 81.0 Å². The third kappa shape index (κ3) is 4.75. The molecule has 2 aliphatic heterocycles.